The molecule has 0 bridgehead atoms. The van der Waals surface area contributed by atoms with Gasteiger partial charge in [-0.2, -0.15) is 0 Å². The van der Waals surface area contributed by atoms with Crippen LogP contribution in [-0.2, 0) is 6.42 Å². The second-order valence-electron chi connectivity index (χ2n) is 5.25. The van der Waals surface area contributed by atoms with Crippen molar-refractivity contribution < 1.29 is 0 Å². The van der Waals surface area contributed by atoms with Crippen molar-refractivity contribution in [3.05, 3.63) is 28.2 Å². The summed E-state index contributed by atoms with van der Waals surface area (Å²) in [5, 5.41) is 13.1. The number of rotatable bonds is 5. The summed E-state index contributed by atoms with van der Waals surface area (Å²) in [6.45, 7) is 0.666. The zero-order chi connectivity index (χ0) is 14.7. The molecule has 2 N–H and O–H groups in total. The van der Waals surface area contributed by atoms with Gasteiger partial charge in [0.1, 0.15) is 0 Å². The Morgan fingerprint density at radius 3 is 2.86 bits per heavy atom. The molecule has 0 amide bonds. The van der Waals surface area contributed by atoms with Gasteiger partial charge < -0.3 is 5.73 Å². The predicted octanol–water partition coefficient (Wildman–Crippen LogP) is 3.20. The van der Waals surface area contributed by atoms with Gasteiger partial charge in [0.2, 0.25) is 5.16 Å². The van der Waals surface area contributed by atoms with Gasteiger partial charge in [0.15, 0.2) is 0 Å². The van der Waals surface area contributed by atoms with Gasteiger partial charge in [-0.05, 0) is 81.6 Å². The molecule has 1 fully saturated rings. The van der Waals surface area contributed by atoms with Gasteiger partial charge in [-0.25, -0.2) is 4.68 Å². The van der Waals surface area contributed by atoms with E-state index in [0.29, 0.717) is 12.6 Å². The number of nitrogens with two attached hydrogens (primary N) is 1. The molecule has 1 heterocycles. The van der Waals surface area contributed by atoms with Crippen molar-refractivity contribution in [2.45, 2.75) is 48.2 Å². The third-order valence-corrected chi connectivity index (χ3v) is 5.71. The Balaban J connectivity index is 1.79. The van der Waals surface area contributed by atoms with Gasteiger partial charge in [0.25, 0.3) is 0 Å². The summed E-state index contributed by atoms with van der Waals surface area (Å²) >= 11 is 5.24. The molecular weight excluding hydrogens is 350 g/mol. The van der Waals surface area contributed by atoms with Crippen molar-refractivity contribution in [2.24, 2.45) is 5.73 Å². The van der Waals surface area contributed by atoms with Crippen LogP contribution < -0.4 is 5.73 Å². The molecule has 2 aromatic rings. The number of hydrogen-bond donors (Lipinski definition) is 1. The molecule has 0 atom stereocenters. The van der Waals surface area contributed by atoms with Crippen LogP contribution in [0.3, 0.4) is 0 Å². The van der Waals surface area contributed by atoms with Crippen LogP contribution in [0.25, 0.3) is 0 Å². The van der Waals surface area contributed by atoms with Crippen LogP contribution in [0.2, 0.25) is 0 Å². The summed E-state index contributed by atoms with van der Waals surface area (Å²) in [5.74, 6) is 0. The third kappa shape index (κ3) is 3.46. The number of tetrazole rings is 1. The highest BCUT2D eigenvalue weighted by molar-refractivity contribution is 9.10. The molecule has 1 aromatic carbocycles. The maximum absolute atomic E-state index is 5.60. The first-order valence-electron chi connectivity index (χ1n) is 7.22. The molecule has 5 nitrogen and oxygen atoms in total. The van der Waals surface area contributed by atoms with E-state index < -0.39 is 0 Å². The van der Waals surface area contributed by atoms with Gasteiger partial charge >= 0.3 is 0 Å². The monoisotopic (exact) mass is 367 g/mol. The molecule has 1 aliphatic rings. The summed E-state index contributed by atoms with van der Waals surface area (Å²) in [5.41, 5.74) is 6.84. The number of nitrogens with zero attached hydrogens (tertiary/aromatic N) is 4. The molecule has 1 aliphatic carbocycles. The molecule has 3 rings (SSSR count). The Labute approximate surface area is 136 Å². The van der Waals surface area contributed by atoms with Crippen molar-refractivity contribution in [3.8, 4) is 0 Å². The second kappa shape index (κ2) is 6.89. The Bertz CT molecular complexity index is 609. The molecule has 1 aromatic heterocycles. The Hall–Kier alpha value is -0.920. The van der Waals surface area contributed by atoms with Gasteiger partial charge in [-0.15, -0.1) is 5.10 Å². The molecule has 0 radical (unpaired) electrons. The molecule has 21 heavy (non-hydrogen) atoms. The van der Waals surface area contributed by atoms with E-state index in [1.54, 1.807) is 11.8 Å². The van der Waals surface area contributed by atoms with Crippen LogP contribution in [0.5, 0.6) is 0 Å². The average molecular weight is 368 g/mol. The summed E-state index contributed by atoms with van der Waals surface area (Å²) in [7, 11) is 0. The fourth-order valence-corrected chi connectivity index (χ4v) is 4.19. The Kier molecular flexibility index (Phi) is 4.92. The summed E-state index contributed by atoms with van der Waals surface area (Å²) < 4.78 is 3.05. The minimum Gasteiger partial charge on any atom is -0.330 e. The first kappa shape index (κ1) is 15.0. The van der Waals surface area contributed by atoms with E-state index in [1.165, 1.54) is 31.2 Å². The highest BCUT2D eigenvalue weighted by atomic mass is 79.9. The summed E-state index contributed by atoms with van der Waals surface area (Å²) in [6.07, 6.45) is 5.78. The van der Waals surface area contributed by atoms with Crippen molar-refractivity contribution in [1.29, 1.82) is 0 Å². The predicted molar refractivity (Wildman–Crippen MR) is 86.3 cm³/mol. The highest BCUT2D eigenvalue weighted by Gasteiger charge is 2.22. The van der Waals surface area contributed by atoms with Gasteiger partial charge in [-0.3, -0.25) is 0 Å². The maximum atomic E-state index is 5.60. The minimum absolute atomic E-state index is 0.456. The second-order valence-corrected chi connectivity index (χ2v) is 7.11. The van der Waals surface area contributed by atoms with Crippen LogP contribution in [0.1, 0.15) is 37.3 Å². The van der Waals surface area contributed by atoms with Crippen LogP contribution in [-0.4, -0.2) is 26.8 Å². The highest BCUT2D eigenvalue weighted by Crippen LogP contribution is 2.36. The van der Waals surface area contributed by atoms with Crippen molar-refractivity contribution in [1.82, 2.24) is 20.2 Å². The lowest BCUT2D eigenvalue weighted by Crippen LogP contribution is -2.08. The lowest BCUT2D eigenvalue weighted by Gasteiger charge is -2.11. The molecule has 0 unspecified atom stereocenters. The topological polar surface area (TPSA) is 69.6 Å². The number of halogens is 1. The molecule has 1 saturated carbocycles. The fraction of sp³-hybridized carbons (Fsp3) is 0.500. The number of hydrogen-bond acceptors (Lipinski definition) is 5. The fourth-order valence-electron chi connectivity index (χ4n) is 2.68. The summed E-state index contributed by atoms with van der Waals surface area (Å²) in [6, 6.07) is 6.80. The van der Waals surface area contributed by atoms with E-state index in [-0.39, 0.29) is 0 Å². The Morgan fingerprint density at radius 2 is 2.14 bits per heavy atom. The SMILES string of the molecule is NCCc1ccc(Sc2nnnn2C2CCCC2)c(Br)c1. The van der Waals surface area contributed by atoms with Gasteiger partial charge in [0.05, 0.1) is 6.04 Å². The smallest absolute Gasteiger partial charge is 0.214 e. The van der Waals surface area contributed by atoms with E-state index in [9.17, 15) is 0 Å². The lowest BCUT2D eigenvalue weighted by molar-refractivity contribution is 0.423. The standard InChI is InChI=1S/C14H18BrN5S/c15-12-9-10(7-8-16)5-6-13(12)21-14-17-18-19-20(14)11-3-1-2-4-11/h5-6,9,11H,1-4,7-8,16H2. The van der Waals surface area contributed by atoms with Gasteiger partial charge in [0, 0.05) is 9.37 Å². The number of aromatic nitrogens is 4. The van der Waals surface area contributed by atoms with E-state index in [4.69, 9.17) is 5.73 Å². The van der Waals surface area contributed by atoms with E-state index >= 15 is 0 Å². The molecule has 7 heteroatoms. The quantitative estimate of drug-likeness (QED) is 0.878. The van der Waals surface area contributed by atoms with Crippen LogP contribution in [0, 0.1) is 0 Å². The van der Waals surface area contributed by atoms with Crippen LogP contribution >= 0.6 is 27.7 Å². The Morgan fingerprint density at radius 1 is 1.33 bits per heavy atom. The van der Waals surface area contributed by atoms with Crippen LogP contribution in [0.15, 0.2) is 32.7 Å². The number of benzene rings is 1. The average Bonchev–Trinajstić information content (AvgIpc) is 3.13. The molecule has 0 spiro atoms. The largest absolute Gasteiger partial charge is 0.330 e. The van der Waals surface area contributed by atoms with E-state index in [2.05, 4.69) is 49.7 Å². The van der Waals surface area contributed by atoms with E-state index in [0.717, 1.165) is 20.9 Å². The maximum Gasteiger partial charge on any atom is 0.214 e. The minimum atomic E-state index is 0.456. The third-order valence-electron chi connectivity index (χ3n) is 3.76. The summed E-state index contributed by atoms with van der Waals surface area (Å²) in [4.78, 5) is 1.13. The molecule has 0 saturated heterocycles. The zero-order valence-corrected chi connectivity index (χ0v) is 14.1. The molecular formula is C14H18BrN5S. The van der Waals surface area contributed by atoms with E-state index in [1.807, 2.05) is 4.68 Å². The molecule has 112 valence electrons. The van der Waals surface area contributed by atoms with Gasteiger partial charge in [-0.1, -0.05) is 18.9 Å². The zero-order valence-electron chi connectivity index (χ0n) is 11.7. The van der Waals surface area contributed by atoms with Crippen molar-refractivity contribution >= 4 is 27.7 Å². The first-order chi connectivity index (χ1) is 10.3. The van der Waals surface area contributed by atoms with Crippen molar-refractivity contribution in [3.63, 3.8) is 0 Å². The first-order valence-corrected chi connectivity index (χ1v) is 8.83. The lowest BCUT2D eigenvalue weighted by atomic mass is 10.2. The molecule has 0 aliphatic heterocycles. The normalized spacial score (nSPS) is 15.7. The van der Waals surface area contributed by atoms with Crippen molar-refractivity contribution in [2.75, 3.05) is 6.54 Å². The van der Waals surface area contributed by atoms with Crippen LogP contribution in [0.4, 0.5) is 0 Å².